The lowest BCUT2D eigenvalue weighted by atomic mass is 10.1. The van der Waals surface area contributed by atoms with Crippen molar-refractivity contribution in [3.05, 3.63) is 63.6 Å². The molecule has 5 heteroatoms. The van der Waals surface area contributed by atoms with E-state index in [2.05, 4.69) is 0 Å². The Bertz CT molecular complexity index is 653. The Morgan fingerprint density at radius 3 is 2.48 bits per heavy atom. The molecule has 2 aromatic carbocycles. The molecule has 110 valence electrons. The van der Waals surface area contributed by atoms with Crippen LogP contribution in [-0.2, 0) is 0 Å². The van der Waals surface area contributed by atoms with Gasteiger partial charge in [0.15, 0.2) is 0 Å². The number of halogens is 2. The van der Waals surface area contributed by atoms with Gasteiger partial charge in [0.2, 0.25) is 0 Å². The largest absolute Gasteiger partial charge is 0.398 e. The van der Waals surface area contributed by atoms with Gasteiger partial charge in [-0.15, -0.1) is 0 Å². The Morgan fingerprint density at radius 2 is 1.86 bits per heavy atom. The second-order valence-electron chi connectivity index (χ2n) is 4.85. The average Bonchev–Trinajstić information content (AvgIpc) is 2.45. The number of anilines is 1. The van der Waals surface area contributed by atoms with Crippen LogP contribution in [0.3, 0.4) is 0 Å². The standard InChI is InChI=1S/C16H16Cl2N2O/c1-10(11-5-3-6-12(17)9-11)20(2)16(21)15-13(18)7-4-8-14(15)19/h3-10H,19H2,1-2H3. The molecular weight excluding hydrogens is 307 g/mol. The van der Waals surface area contributed by atoms with Crippen molar-refractivity contribution < 1.29 is 4.79 Å². The van der Waals surface area contributed by atoms with Gasteiger partial charge in [0.25, 0.3) is 5.91 Å². The van der Waals surface area contributed by atoms with Crippen LogP contribution in [0, 0.1) is 0 Å². The molecule has 0 bridgehead atoms. The van der Waals surface area contributed by atoms with Crippen molar-refractivity contribution in [3.8, 4) is 0 Å². The lowest BCUT2D eigenvalue weighted by Crippen LogP contribution is -2.30. The molecule has 0 aromatic heterocycles. The number of nitrogens with two attached hydrogens (primary N) is 1. The van der Waals surface area contributed by atoms with Crippen molar-refractivity contribution in [1.29, 1.82) is 0 Å². The molecule has 0 aliphatic rings. The fourth-order valence-corrected chi connectivity index (χ4v) is 2.57. The quantitative estimate of drug-likeness (QED) is 0.851. The molecule has 0 fully saturated rings. The van der Waals surface area contributed by atoms with Gasteiger partial charge in [0.05, 0.1) is 16.6 Å². The van der Waals surface area contributed by atoms with E-state index in [0.717, 1.165) is 5.56 Å². The van der Waals surface area contributed by atoms with Crippen molar-refractivity contribution in [2.75, 3.05) is 12.8 Å². The fraction of sp³-hybridized carbons (Fsp3) is 0.188. The summed E-state index contributed by atoms with van der Waals surface area (Å²) in [5, 5.41) is 0.989. The Hall–Kier alpha value is -1.71. The minimum atomic E-state index is -0.217. The van der Waals surface area contributed by atoms with E-state index in [4.69, 9.17) is 28.9 Å². The molecule has 1 amide bonds. The highest BCUT2D eigenvalue weighted by molar-refractivity contribution is 6.34. The summed E-state index contributed by atoms with van der Waals surface area (Å²) in [5.41, 5.74) is 7.52. The highest BCUT2D eigenvalue weighted by Crippen LogP contribution is 2.28. The molecule has 3 nitrogen and oxygen atoms in total. The summed E-state index contributed by atoms with van der Waals surface area (Å²) in [6.45, 7) is 1.93. The fourth-order valence-electron chi connectivity index (χ4n) is 2.11. The van der Waals surface area contributed by atoms with Crippen LogP contribution in [0.15, 0.2) is 42.5 Å². The monoisotopic (exact) mass is 322 g/mol. The van der Waals surface area contributed by atoms with Gasteiger partial charge in [-0.05, 0) is 36.8 Å². The SMILES string of the molecule is CC(c1cccc(Cl)c1)N(C)C(=O)c1c(N)cccc1Cl. The summed E-state index contributed by atoms with van der Waals surface area (Å²) in [7, 11) is 1.72. The number of nitrogen functional groups attached to an aromatic ring is 1. The van der Waals surface area contributed by atoms with Gasteiger partial charge >= 0.3 is 0 Å². The zero-order valence-corrected chi connectivity index (χ0v) is 13.3. The maximum absolute atomic E-state index is 12.6. The van der Waals surface area contributed by atoms with E-state index in [9.17, 15) is 4.79 Å². The van der Waals surface area contributed by atoms with Crippen LogP contribution in [0.4, 0.5) is 5.69 Å². The molecule has 2 rings (SSSR count). The molecule has 1 unspecified atom stereocenters. The van der Waals surface area contributed by atoms with E-state index in [-0.39, 0.29) is 11.9 Å². The van der Waals surface area contributed by atoms with E-state index in [1.807, 2.05) is 25.1 Å². The number of carbonyl (C=O) groups is 1. The molecular formula is C16H16Cl2N2O. The summed E-state index contributed by atoms with van der Waals surface area (Å²) < 4.78 is 0. The topological polar surface area (TPSA) is 46.3 Å². The number of benzene rings is 2. The summed E-state index contributed by atoms with van der Waals surface area (Å²) in [6.07, 6.45) is 0. The predicted molar refractivity (Wildman–Crippen MR) is 87.8 cm³/mol. The molecule has 0 spiro atoms. The minimum Gasteiger partial charge on any atom is -0.398 e. The molecule has 0 aliphatic heterocycles. The first-order valence-electron chi connectivity index (χ1n) is 6.48. The van der Waals surface area contributed by atoms with E-state index in [0.29, 0.717) is 21.3 Å². The first kappa shape index (κ1) is 15.7. The summed E-state index contributed by atoms with van der Waals surface area (Å²) in [6, 6.07) is 12.3. The van der Waals surface area contributed by atoms with Crippen molar-refractivity contribution >= 4 is 34.8 Å². The van der Waals surface area contributed by atoms with Gasteiger partial charge in [-0.1, -0.05) is 41.4 Å². The Kier molecular flexibility index (Phi) is 4.76. The van der Waals surface area contributed by atoms with Crippen molar-refractivity contribution in [3.63, 3.8) is 0 Å². The highest BCUT2D eigenvalue weighted by atomic mass is 35.5. The third-order valence-corrected chi connectivity index (χ3v) is 4.04. The van der Waals surface area contributed by atoms with Crippen LogP contribution >= 0.6 is 23.2 Å². The van der Waals surface area contributed by atoms with Crippen LogP contribution in [0.2, 0.25) is 10.0 Å². The maximum atomic E-state index is 12.6. The third kappa shape index (κ3) is 3.31. The second-order valence-corrected chi connectivity index (χ2v) is 5.69. The molecule has 1 atom stereocenters. The predicted octanol–water partition coefficient (Wildman–Crippen LogP) is 4.41. The molecule has 21 heavy (non-hydrogen) atoms. The average molecular weight is 323 g/mol. The lowest BCUT2D eigenvalue weighted by molar-refractivity contribution is 0.0744. The lowest BCUT2D eigenvalue weighted by Gasteiger charge is -2.26. The van der Waals surface area contributed by atoms with Gasteiger partial charge in [-0.2, -0.15) is 0 Å². The summed E-state index contributed by atoms with van der Waals surface area (Å²) in [4.78, 5) is 14.2. The van der Waals surface area contributed by atoms with Crippen LogP contribution in [0.25, 0.3) is 0 Å². The maximum Gasteiger partial charge on any atom is 0.257 e. The van der Waals surface area contributed by atoms with E-state index in [1.165, 1.54) is 0 Å². The molecule has 0 aliphatic carbocycles. The van der Waals surface area contributed by atoms with E-state index >= 15 is 0 Å². The third-order valence-electron chi connectivity index (χ3n) is 3.49. The van der Waals surface area contributed by atoms with Crippen LogP contribution in [0.1, 0.15) is 28.9 Å². The van der Waals surface area contributed by atoms with E-state index < -0.39 is 0 Å². The normalized spacial score (nSPS) is 12.0. The number of hydrogen-bond donors (Lipinski definition) is 1. The number of carbonyl (C=O) groups excluding carboxylic acids is 1. The van der Waals surface area contributed by atoms with Crippen LogP contribution < -0.4 is 5.73 Å². The van der Waals surface area contributed by atoms with Crippen LogP contribution in [-0.4, -0.2) is 17.9 Å². The van der Waals surface area contributed by atoms with Crippen molar-refractivity contribution in [2.45, 2.75) is 13.0 Å². The Morgan fingerprint density at radius 1 is 1.19 bits per heavy atom. The van der Waals surface area contributed by atoms with Gasteiger partial charge in [-0.25, -0.2) is 0 Å². The van der Waals surface area contributed by atoms with Gasteiger partial charge in [0.1, 0.15) is 0 Å². The highest BCUT2D eigenvalue weighted by Gasteiger charge is 2.22. The summed E-state index contributed by atoms with van der Waals surface area (Å²) in [5.74, 6) is -0.217. The molecule has 0 radical (unpaired) electrons. The molecule has 0 saturated heterocycles. The molecule has 0 heterocycles. The van der Waals surface area contributed by atoms with Gasteiger partial charge < -0.3 is 10.6 Å². The van der Waals surface area contributed by atoms with Crippen molar-refractivity contribution in [1.82, 2.24) is 4.90 Å². The first-order valence-corrected chi connectivity index (χ1v) is 7.24. The molecule has 0 saturated carbocycles. The smallest absolute Gasteiger partial charge is 0.257 e. The minimum absolute atomic E-state index is 0.146. The second kappa shape index (κ2) is 6.37. The zero-order chi connectivity index (χ0) is 15.6. The van der Waals surface area contributed by atoms with Gasteiger partial charge in [0, 0.05) is 17.8 Å². The zero-order valence-electron chi connectivity index (χ0n) is 11.8. The van der Waals surface area contributed by atoms with Crippen LogP contribution in [0.5, 0.6) is 0 Å². The first-order chi connectivity index (χ1) is 9.91. The molecule has 2 N–H and O–H groups in total. The van der Waals surface area contributed by atoms with E-state index in [1.54, 1.807) is 36.2 Å². The number of rotatable bonds is 3. The van der Waals surface area contributed by atoms with Gasteiger partial charge in [-0.3, -0.25) is 4.79 Å². The Balaban J connectivity index is 2.31. The number of amides is 1. The number of nitrogens with zero attached hydrogens (tertiary/aromatic N) is 1. The Labute approximate surface area is 134 Å². The summed E-state index contributed by atoms with van der Waals surface area (Å²) >= 11 is 12.1. The van der Waals surface area contributed by atoms with Crippen molar-refractivity contribution in [2.24, 2.45) is 0 Å². The number of hydrogen-bond acceptors (Lipinski definition) is 2. The molecule has 2 aromatic rings.